The number of nitrogens with one attached hydrogen (secondary N) is 1. The van der Waals surface area contributed by atoms with Gasteiger partial charge in [-0.1, -0.05) is 30.3 Å². The Kier molecular flexibility index (Phi) is 9.59. The summed E-state index contributed by atoms with van der Waals surface area (Å²) >= 11 is 3.21. The number of hydrogen-bond acceptors (Lipinski definition) is 6. The maximum atomic E-state index is 13.0. The Morgan fingerprint density at radius 1 is 1.06 bits per heavy atom. The second-order valence-electron chi connectivity index (χ2n) is 7.28. The predicted octanol–water partition coefficient (Wildman–Crippen LogP) is 5.01. The van der Waals surface area contributed by atoms with Gasteiger partial charge in [-0.2, -0.15) is 11.3 Å². The van der Waals surface area contributed by atoms with Gasteiger partial charge < -0.3 is 14.8 Å². The van der Waals surface area contributed by atoms with Crippen molar-refractivity contribution in [3.05, 3.63) is 88.1 Å². The van der Waals surface area contributed by atoms with Crippen molar-refractivity contribution in [2.45, 2.75) is 18.2 Å². The monoisotopic (exact) mass is 481 g/mol. The Balaban J connectivity index is 1.65. The van der Waals surface area contributed by atoms with Gasteiger partial charge in [-0.05, 0) is 52.6 Å². The van der Waals surface area contributed by atoms with E-state index >= 15 is 0 Å². The fourth-order valence-electron chi connectivity index (χ4n) is 3.18. The van der Waals surface area contributed by atoms with E-state index in [-0.39, 0.29) is 11.7 Å². The van der Waals surface area contributed by atoms with Gasteiger partial charge in [0.15, 0.2) is 5.78 Å². The van der Waals surface area contributed by atoms with E-state index in [4.69, 9.17) is 9.47 Å². The first kappa shape index (κ1) is 24.6. The van der Waals surface area contributed by atoms with E-state index in [1.54, 1.807) is 55.5 Å². The number of Topliss-reactive ketones (excluding diaryl/α,β-unsaturated/α-hetero) is 1. The summed E-state index contributed by atoms with van der Waals surface area (Å²) in [6, 6.07) is 16.5. The van der Waals surface area contributed by atoms with Crippen LogP contribution >= 0.6 is 23.1 Å². The molecule has 3 rings (SSSR count). The lowest BCUT2D eigenvalue weighted by Gasteiger charge is -2.17. The number of methoxy groups -OCH3 is 2. The van der Waals surface area contributed by atoms with Crippen LogP contribution in [0.25, 0.3) is 6.08 Å². The average molecular weight is 482 g/mol. The maximum Gasteiger partial charge on any atom is 0.244 e. The molecule has 0 aliphatic rings. The number of carbonyl (C=O) groups is 2. The number of carbonyl (C=O) groups excluding carboxylic acids is 2. The van der Waals surface area contributed by atoms with Gasteiger partial charge in [0, 0.05) is 23.5 Å². The zero-order valence-electron chi connectivity index (χ0n) is 18.7. The third-order valence-electron chi connectivity index (χ3n) is 4.94. The van der Waals surface area contributed by atoms with Crippen LogP contribution in [0.15, 0.2) is 71.4 Å². The molecule has 7 heteroatoms. The van der Waals surface area contributed by atoms with Crippen molar-refractivity contribution in [3.63, 3.8) is 0 Å². The van der Waals surface area contributed by atoms with Crippen molar-refractivity contribution in [1.29, 1.82) is 0 Å². The molecule has 0 spiro atoms. The highest BCUT2D eigenvalue weighted by atomic mass is 32.2. The second kappa shape index (κ2) is 12.9. The lowest BCUT2D eigenvalue weighted by Crippen LogP contribution is -2.42. The van der Waals surface area contributed by atoms with Crippen molar-refractivity contribution >= 4 is 40.9 Å². The average Bonchev–Trinajstić information content (AvgIpc) is 3.36. The number of thioether (sulfide) groups is 1. The van der Waals surface area contributed by atoms with Crippen molar-refractivity contribution in [1.82, 2.24) is 5.32 Å². The van der Waals surface area contributed by atoms with Crippen LogP contribution in [0.5, 0.6) is 11.5 Å². The van der Waals surface area contributed by atoms with Gasteiger partial charge in [-0.25, -0.2) is 0 Å². The van der Waals surface area contributed by atoms with Gasteiger partial charge in [0.2, 0.25) is 5.91 Å². The Morgan fingerprint density at radius 3 is 2.58 bits per heavy atom. The number of amides is 1. The molecule has 0 aliphatic heterocycles. The highest BCUT2D eigenvalue weighted by Gasteiger charge is 2.20. The summed E-state index contributed by atoms with van der Waals surface area (Å²) in [7, 11) is 3.15. The molecule has 172 valence electrons. The van der Waals surface area contributed by atoms with E-state index in [1.807, 2.05) is 41.8 Å². The van der Waals surface area contributed by atoms with Gasteiger partial charge >= 0.3 is 0 Å². The topological polar surface area (TPSA) is 64.6 Å². The molecule has 0 unspecified atom stereocenters. The molecule has 1 amide bonds. The van der Waals surface area contributed by atoms with Crippen LogP contribution in [0.2, 0.25) is 0 Å². The van der Waals surface area contributed by atoms with E-state index in [9.17, 15) is 9.59 Å². The minimum Gasteiger partial charge on any atom is -0.497 e. The van der Waals surface area contributed by atoms with Gasteiger partial charge in [-0.15, -0.1) is 11.8 Å². The summed E-state index contributed by atoms with van der Waals surface area (Å²) in [5.41, 5.74) is 2.95. The molecule has 5 nitrogen and oxygen atoms in total. The van der Waals surface area contributed by atoms with Crippen molar-refractivity contribution in [2.24, 2.45) is 0 Å². The van der Waals surface area contributed by atoms with E-state index in [2.05, 4.69) is 16.8 Å². The number of hydrogen-bond donors (Lipinski definition) is 1. The molecule has 3 aromatic rings. The predicted molar refractivity (Wildman–Crippen MR) is 136 cm³/mol. The number of rotatable bonds is 12. The first-order valence-electron chi connectivity index (χ1n) is 10.4. The van der Waals surface area contributed by atoms with Crippen LogP contribution in [0, 0.1) is 0 Å². The molecule has 0 bridgehead atoms. The van der Waals surface area contributed by atoms with Crippen molar-refractivity contribution < 1.29 is 19.1 Å². The quantitative estimate of drug-likeness (QED) is 0.369. The van der Waals surface area contributed by atoms with Crippen LogP contribution in [0.1, 0.15) is 16.7 Å². The minimum absolute atomic E-state index is 0.00265. The molecular formula is C26H27NO4S2. The van der Waals surface area contributed by atoms with Gasteiger partial charge in [-0.3, -0.25) is 9.59 Å². The molecular weight excluding hydrogens is 454 g/mol. The summed E-state index contributed by atoms with van der Waals surface area (Å²) in [6.07, 6.45) is 3.54. The van der Waals surface area contributed by atoms with E-state index in [1.165, 1.54) is 11.6 Å². The highest BCUT2D eigenvalue weighted by molar-refractivity contribution is 7.99. The third kappa shape index (κ3) is 7.80. The summed E-state index contributed by atoms with van der Waals surface area (Å²) in [5, 5.41) is 7.00. The lowest BCUT2D eigenvalue weighted by atomic mass is 10.0. The molecule has 2 aromatic carbocycles. The van der Waals surface area contributed by atoms with Crippen LogP contribution in [-0.4, -0.2) is 37.7 Å². The molecule has 0 aliphatic carbocycles. The standard InChI is InChI=1S/C26H27NO4S2/c1-30-22-10-8-21(25(15-22)31-2)9-11-26(29)27-23(14-19-6-4-3-5-7-19)24(28)18-33-17-20-12-13-32-16-20/h3-13,15-16,23H,14,17-18H2,1-2H3,(H,27,29)/b11-9+/t23-/m0/s1. The zero-order chi connectivity index (χ0) is 23.5. The van der Waals surface area contributed by atoms with Gasteiger partial charge in [0.1, 0.15) is 11.5 Å². The fourth-order valence-corrected chi connectivity index (χ4v) is 4.88. The van der Waals surface area contributed by atoms with Crippen LogP contribution in [0.4, 0.5) is 0 Å². The Morgan fingerprint density at radius 2 is 1.88 bits per heavy atom. The van der Waals surface area contributed by atoms with E-state index < -0.39 is 6.04 Å². The van der Waals surface area contributed by atoms with E-state index in [0.29, 0.717) is 23.7 Å². The first-order chi connectivity index (χ1) is 16.1. The zero-order valence-corrected chi connectivity index (χ0v) is 20.3. The van der Waals surface area contributed by atoms with Crippen LogP contribution < -0.4 is 14.8 Å². The minimum atomic E-state index is -0.600. The van der Waals surface area contributed by atoms with E-state index in [0.717, 1.165) is 16.9 Å². The number of thiophene rings is 1. The Labute approximate surface area is 202 Å². The molecule has 1 N–H and O–H groups in total. The Bertz CT molecular complexity index is 1070. The number of benzene rings is 2. The summed E-state index contributed by atoms with van der Waals surface area (Å²) in [5.74, 6) is 2.05. The van der Waals surface area contributed by atoms with Crippen LogP contribution in [0.3, 0.4) is 0 Å². The second-order valence-corrected chi connectivity index (χ2v) is 9.05. The molecule has 0 fully saturated rings. The van der Waals surface area contributed by atoms with Crippen molar-refractivity contribution in [3.8, 4) is 11.5 Å². The highest BCUT2D eigenvalue weighted by Crippen LogP contribution is 2.25. The smallest absolute Gasteiger partial charge is 0.244 e. The first-order valence-corrected chi connectivity index (χ1v) is 12.5. The van der Waals surface area contributed by atoms with Gasteiger partial charge in [0.25, 0.3) is 0 Å². The summed E-state index contributed by atoms with van der Waals surface area (Å²) in [4.78, 5) is 25.6. The molecule has 33 heavy (non-hydrogen) atoms. The fraction of sp³-hybridized carbons (Fsp3) is 0.231. The molecule has 0 saturated carbocycles. The van der Waals surface area contributed by atoms with Crippen LogP contribution in [-0.2, 0) is 21.8 Å². The lowest BCUT2D eigenvalue weighted by molar-refractivity contribution is -0.124. The molecule has 1 heterocycles. The largest absolute Gasteiger partial charge is 0.497 e. The SMILES string of the molecule is COc1ccc(/C=C/C(=O)N[C@@H](Cc2ccccc2)C(=O)CSCc2ccsc2)c(OC)c1. The Hall–Kier alpha value is -3.03. The normalized spacial score (nSPS) is 11.8. The molecule has 1 atom stereocenters. The number of ether oxygens (including phenoxy) is 2. The summed E-state index contributed by atoms with van der Waals surface area (Å²) < 4.78 is 10.6. The maximum absolute atomic E-state index is 13.0. The molecule has 0 saturated heterocycles. The number of ketones is 1. The third-order valence-corrected chi connectivity index (χ3v) is 6.69. The summed E-state index contributed by atoms with van der Waals surface area (Å²) in [6.45, 7) is 0. The molecule has 1 aromatic heterocycles. The van der Waals surface area contributed by atoms with Crippen molar-refractivity contribution in [2.75, 3.05) is 20.0 Å². The van der Waals surface area contributed by atoms with Gasteiger partial charge in [0.05, 0.1) is 26.0 Å². The molecule has 0 radical (unpaired) electrons.